The van der Waals surface area contributed by atoms with Crippen molar-refractivity contribution in [2.24, 2.45) is 5.92 Å². The van der Waals surface area contributed by atoms with Gasteiger partial charge in [-0.15, -0.1) is 0 Å². The molecule has 0 bridgehead atoms. The Morgan fingerprint density at radius 1 is 1.18 bits per heavy atom. The number of carbonyl (C=O) groups is 1. The number of nitrogens with zero attached hydrogens (tertiary/aromatic N) is 5. The number of amides is 1. The molecule has 12 heteroatoms. The highest BCUT2D eigenvalue weighted by Gasteiger charge is 2.37. The van der Waals surface area contributed by atoms with Gasteiger partial charge in [-0.1, -0.05) is 0 Å². The molecule has 2 aromatic heterocycles. The van der Waals surface area contributed by atoms with Gasteiger partial charge in [-0.3, -0.25) is 4.98 Å². The number of aromatic nitrogens is 3. The molecule has 0 atom stereocenters. The number of piperidine rings is 1. The largest absolute Gasteiger partial charge is 0.464 e. The highest BCUT2D eigenvalue weighted by molar-refractivity contribution is 7.87. The van der Waals surface area contributed by atoms with Gasteiger partial charge in [-0.25, -0.2) is 9.78 Å². The molecule has 0 radical (unpaired) electrons. The van der Waals surface area contributed by atoms with Crippen LogP contribution in [0, 0.1) is 5.92 Å². The summed E-state index contributed by atoms with van der Waals surface area (Å²) < 4.78 is 27.8. The minimum absolute atomic E-state index is 0.195. The molecule has 0 saturated carbocycles. The number of pyridine rings is 1. The molecule has 3 N–H and O–H groups in total. The minimum atomic E-state index is -4.12. The van der Waals surface area contributed by atoms with Gasteiger partial charge in [0.15, 0.2) is 0 Å². The number of hydrogen-bond acceptors (Lipinski definition) is 8. The van der Waals surface area contributed by atoms with E-state index in [9.17, 15) is 18.3 Å². The molecule has 1 aliphatic rings. The summed E-state index contributed by atoms with van der Waals surface area (Å²) in [5, 5.41) is 12.5. The molecule has 11 nitrogen and oxygen atoms in total. The van der Waals surface area contributed by atoms with Crippen molar-refractivity contribution in [2.45, 2.75) is 45.6 Å². The lowest BCUT2D eigenvalue weighted by molar-refractivity contribution is 0.145. The van der Waals surface area contributed by atoms with Crippen LogP contribution in [0.1, 0.15) is 40.0 Å². The van der Waals surface area contributed by atoms with Crippen LogP contribution < -0.4 is 14.9 Å². The van der Waals surface area contributed by atoms with Crippen LogP contribution in [0.5, 0.6) is 0 Å². The zero-order chi connectivity index (χ0) is 24.1. The fourth-order valence-electron chi connectivity index (χ4n) is 3.81. The molecule has 1 amide bonds. The second kappa shape index (κ2) is 10.3. The second-order valence-corrected chi connectivity index (χ2v) is 10.5. The topological polar surface area (TPSA) is 141 Å². The summed E-state index contributed by atoms with van der Waals surface area (Å²) in [5.74, 6) is 1.69. The van der Waals surface area contributed by atoms with E-state index in [2.05, 4.69) is 29.9 Å². The zero-order valence-electron chi connectivity index (χ0n) is 19.1. The van der Waals surface area contributed by atoms with Crippen molar-refractivity contribution in [1.82, 2.24) is 24.0 Å². The SMILES string of the molecule is CC(C)(C)N(C(=O)O)S(=O)(=O)NCCC1CCN(c2ccnc(Nc3ccncc3)n2)CC1. The summed E-state index contributed by atoms with van der Waals surface area (Å²) in [5.41, 5.74) is -0.206. The lowest BCUT2D eigenvalue weighted by Gasteiger charge is -2.34. The Morgan fingerprint density at radius 3 is 2.45 bits per heavy atom. The lowest BCUT2D eigenvalue weighted by atomic mass is 9.94. The first-order chi connectivity index (χ1) is 15.6. The Labute approximate surface area is 194 Å². The van der Waals surface area contributed by atoms with E-state index in [0.29, 0.717) is 22.6 Å². The van der Waals surface area contributed by atoms with E-state index >= 15 is 0 Å². The minimum Gasteiger partial charge on any atom is -0.464 e. The molecule has 2 aromatic rings. The smallest absolute Gasteiger partial charge is 0.422 e. The Balaban J connectivity index is 1.49. The van der Waals surface area contributed by atoms with Gasteiger partial charge >= 0.3 is 16.3 Å². The molecule has 3 heterocycles. The van der Waals surface area contributed by atoms with Gasteiger partial charge in [-0.05, 0) is 64.2 Å². The first-order valence-electron chi connectivity index (χ1n) is 10.8. The Hall–Kier alpha value is -2.99. The van der Waals surface area contributed by atoms with Crippen molar-refractivity contribution in [3.05, 3.63) is 36.8 Å². The monoisotopic (exact) mass is 477 g/mol. The average Bonchev–Trinajstić information content (AvgIpc) is 2.73. The fourth-order valence-corrected chi connectivity index (χ4v) is 5.24. The normalized spacial score (nSPS) is 15.3. The van der Waals surface area contributed by atoms with Crippen molar-refractivity contribution in [2.75, 3.05) is 29.9 Å². The summed E-state index contributed by atoms with van der Waals surface area (Å²) in [6.07, 6.45) is 6.03. The highest BCUT2D eigenvalue weighted by Crippen LogP contribution is 2.25. The molecule has 0 unspecified atom stereocenters. The van der Waals surface area contributed by atoms with Crippen molar-refractivity contribution in [3.63, 3.8) is 0 Å². The van der Waals surface area contributed by atoms with Gasteiger partial charge in [0.05, 0.1) is 5.54 Å². The van der Waals surface area contributed by atoms with Crippen molar-refractivity contribution >= 4 is 33.8 Å². The number of anilines is 3. The van der Waals surface area contributed by atoms with E-state index in [0.717, 1.165) is 37.4 Å². The molecule has 0 aliphatic carbocycles. The van der Waals surface area contributed by atoms with E-state index in [1.165, 1.54) is 0 Å². The molecule has 0 aromatic carbocycles. The number of nitrogens with one attached hydrogen (secondary N) is 2. The third-order valence-electron chi connectivity index (χ3n) is 5.38. The van der Waals surface area contributed by atoms with Gasteiger partial charge < -0.3 is 15.3 Å². The summed E-state index contributed by atoms with van der Waals surface area (Å²) in [6.45, 7) is 6.42. The van der Waals surface area contributed by atoms with Crippen LogP contribution in [-0.4, -0.2) is 64.0 Å². The molecular formula is C21H31N7O4S. The molecule has 0 spiro atoms. The molecule has 1 fully saturated rings. The van der Waals surface area contributed by atoms with Crippen LogP contribution in [0.3, 0.4) is 0 Å². The van der Waals surface area contributed by atoms with Crippen molar-refractivity contribution < 1.29 is 18.3 Å². The van der Waals surface area contributed by atoms with Crippen LogP contribution in [0.25, 0.3) is 0 Å². The predicted octanol–water partition coefficient (Wildman–Crippen LogP) is 2.83. The van der Waals surface area contributed by atoms with Gasteiger partial charge in [0.25, 0.3) is 0 Å². The maximum atomic E-state index is 12.5. The quantitative estimate of drug-likeness (QED) is 0.523. The van der Waals surface area contributed by atoms with Gasteiger partial charge in [-0.2, -0.15) is 22.4 Å². The lowest BCUT2D eigenvalue weighted by Crippen LogP contribution is -2.53. The van der Waals surface area contributed by atoms with Gasteiger partial charge in [0.2, 0.25) is 5.95 Å². The van der Waals surface area contributed by atoms with Gasteiger partial charge in [0.1, 0.15) is 5.82 Å². The van der Waals surface area contributed by atoms with E-state index in [4.69, 9.17) is 0 Å². The standard InChI is InChI=1S/C21H31N7O4S/c1-21(2,3)28(20(29)30)33(31,32)24-13-4-16-8-14-27(15-9-16)18-7-12-23-19(26-18)25-17-5-10-22-11-6-17/h5-7,10-12,16,24H,4,8-9,13-15H2,1-3H3,(H,29,30)(H,22,23,25,26). The molecule has 1 saturated heterocycles. The third-order valence-corrected chi connectivity index (χ3v) is 7.13. The highest BCUT2D eigenvalue weighted by atomic mass is 32.2. The maximum absolute atomic E-state index is 12.5. The predicted molar refractivity (Wildman–Crippen MR) is 126 cm³/mol. The second-order valence-electron chi connectivity index (χ2n) is 8.94. The van der Waals surface area contributed by atoms with Crippen LogP contribution in [0.4, 0.5) is 22.2 Å². The number of carboxylic acid groups (broad SMARTS) is 1. The number of rotatable bonds is 8. The van der Waals surface area contributed by atoms with Crippen LogP contribution >= 0.6 is 0 Å². The molecular weight excluding hydrogens is 446 g/mol. The molecule has 180 valence electrons. The first kappa shape index (κ1) is 24.6. The first-order valence-corrected chi connectivity index (χ1v) is 12.3. The summed E-state index contributed by atoms with van der Waals surface area (Å²) >= 11 is 0. The maximum Gasteiger partial charge on any atom is 0.422 e. The van der Waals surface area contributed by atoms with E-state index < -0.39 is 21.8 Å². The van der Waals surface area contributed by atoms with Gasteiger partial charge in [0, 0.05) is 43.9 Å². The third kappa shape index (κ3) is 6.75. The Morgan fingerprint density at radius 2 is 1.85 bits per heavy atom. The van der Waals surface area contributed by atoms with E-state index in [1.54, 1.807) is 39.4 Å². The Kier molecular flexibility index (Phi) is 7.69. The van der Waals surface area contributed by atoms with E-state index in [1.807, 2.05) is 18.2 Å². The summed E-state index contributed by atoms with van der Waals surface area (Å²) in [4.78, 5) is 26.5. The fraction of sp³-hybridized carbons (Fsp3) is 0.524. The molecule has 1 aliphatic heterocycles. The van der Waals surface area contributed by atoms with E-state index in [-0.39, 0.29) is 6.54 Å². The van der Waals surface area contributed by atoms with Crippen molar-refractivity contribution in [1.29, 1.82) is 0 Å². The summed E-state index contributed by atoms with van der Waals surface area (Å²) in [7, 11) is -4.12. The van der Waals surface area contributed by atoms with Crippen LogP contribution in [-0.2, 0) is 10.2 Å². The molecule has 3 rings (SSSR count). The zero-order valence-corrected chi connectivity index (χ0v) is 19.9. The van der Waals surface area contributed by atoms with Crippen LogP contribution in [0.15, 0.2) is 36.8 Å². The molecule has 33 heavy (non-hydrogen) atoms. The summed E-state index contributed by atoms with van der Waals surface area (Å²) in [6, 6.07) is 5.55. The number of hydrogen-bond donors (Lipinski definition) is 3. The van der Waals surface area contributed by atoms with Crippen molar-refractivity contribution in [3.8, 4) is 0 Å². The Bertz CT molecular complexity index is 1040. The van der Waals surface area contributed by atoms with Crippen LogP contribution in [0.2, 0.25) is 0 Å². The average molecular weight is 478 g/mol.